The minimum Gasteiger partial charge on any atom is -0.384 e. The fraction of sp³-hybridized carbons (Fsp3) is 0.368. The van der Waals surface area contributed by atoms with Crippen LogP contribution in [0.4, 0.5) is 11.6 Å². The third kappa shape index (κ3) is 2.49. The molecule has 2 aliphatic heterocycles. The average Bonchev–Trinajstić information content (AvgIpc) is 2.85. The molecule has 1 aromatic rings. The number of nitrogen functional groups attached to an aromatic ring is 1. The molecular weight excluding hydrogens is 312 g/mol. The molecule has 4 N–H and O–H groups in total. The number of hydrogen-bond acceptors (Lipinski definition) is 6. The third-order valence-corrected chi connectivity index (χ3v) is 5.27. The zero-order valence-electron chi connectivity index (χ0n) is 14.6. The van der Waals surface area contributed by atoms with E-state index in [4.69, 9.17) is 5.73 Å². The second-order valence-electron chi connectivity index (χ2n) is 7.02. The Balaban J connectivity index is 1.71. The van der Waals surface area contributed by atoms with Crippen molar-refractivity contribution >= 4 is 11.6 Å². The normalized spacial score (nSPS) is 22.0. The van der Waals surface area contributed by atoms with Gasteiger partial charge in [-0.15, -0.1) is 0 Å². The number of hydrogen-bond donors (Lipinski definition) is 3. The Morgan fingerprint density at radius 2 is 2.00 bits per heavy atom. The molecule has 25 heavy (non-hydrogen) atoms. The molecule has 0 radical (unpaired) electrons. The van der Waals surface area contributed by atoms with Crippen LogP contribution in [0.1, 0.15) is 39.0 Å². The molecule has 0 unspecified atom stereocenters. The highest BCUT2D eigenvalue weighted by molar-refractivity contribution is 5.59. The van der Waals surface area contributed by atoms with Crippen LogP contribution in [0, 0.1) is 0 Å². The topological polar surface area (TPSA) is 79.1 Å². The van der Waals surface area contributed by atoms with Gasteiger partial charge in [-0.2, -0.15) is 0 Å². The molecule has 0 aromatic carbocycles. The first kappa shape index (κ1) is 15.7. The molecule has 0 atom stereocenters. The molecule has 0 amide bonds. The summed E-state index contributed by atoms with van der Waals surface area (Å²) in [5.41, 5.74) is 10.8. The summed E-state index contributed by atoms with van der Waals surface area (Å²) in [6.07, 6.45) is 9.46. The van der Waals surface area contributed by atoms with E-state index in [1.807, 2.05) is 0 Å². The standard InChI is InChI=1S/C19H24N6/c1-12-9-15(23-17-10-16(20)21-11-22-17)14(3)25-18(12)13(2)24-19(25)7-5-4-6-8-19/h9-11,24H,2-8H2,1H3,(H3,20,21,22,23). The van der Waals surface area contributed by atoms with Crippen molar-refractivity contribution in [3.63, 3.8) is 0 Å². The van der Waals surface area contributed by atoms with Crippen molar-refractivity contribution in [2.75, 3.05) is 11.1 Å². The highest BCUT2D eigenvalue weighted by Crippen LogP contribution is 2.47. The minimum absolute atomic E-state index is 0.102. The van der Waals surface area contributed by atoms with Crippen LogP contribution in [0.15, 0.2) is 60.0 Å². The summed E-state index contributed by atoms with van der Waals surface area (Å²) in [5, 5.41) is 7.02. The second-order valence-corrected chi connectivity index (χ2v) is 7.02. The van der Waals surface area contributed by atoms with Crippen LogP contribution in [0.2, 0.25) is 0 Å². The van der Waals surface area contributed by atoms with Crippen molar-refractivity contribution in [1.29, 1.82) is 0 Å². The summed E-state index contributed by atoms with van der Waals surface area (Å²) >= 11 is 0. The van der Waals surface area contributed by atoms with Gasteiger partial charge in [-0.1, -0.05) is 19.6 Å². The lowest BCUT2D eigenvalue weighted by molar-refractivity contribution is 0.124. The van der Waals surface area contributed by atoms with Crippen molar-refractivity contribution in [3.05, 3.63) is 60.0 Å². The van der Waals surface area contributed by atoms with Crippen LogP contribution in [0.3, 0.4) is 0 Å². The number of allylic oxidation sites excluding steroid dienone is 2. The van der Waals surface area contributed by atoms with Gasteiger partial charge in [0.1, 0.15) is 23.6 Å². The molecule has 3 heterocycles. The van der Waals surface area contributed by atoms with Crippen LogP contribution < -0.4 is 16.4 Å². The van der Waals surface area contributed by atoms with E-state index in [1.54, 1.807) is 6.07 Å². The first-order valence-corrected chi connectivity index (χ1v) is 8.74. The SMILES string of the molecule is C=C1NC2(CCCCC2)N2C(=C)C(Nc3cc(N)ncn3)=CC(C)=C12. The van der Waals surface area contributed by atoms with E-state index in [9.17, 15) is 0 Å². The van der Waals surface area contributed by atoms with Gasteiger partial charge in [-0.25, -0.2) is 9.97 Å². The third-order valence-electron chi connectivity index (χ3n) is 5.27. The van der Waals surface area contributed by atoms with Crippen molar-refractivity contribution in [2.45, 2.75) is 44.7 Å². The lowest BCUT2D eigenvalue weighted by Gasteiger charge is -2.44. The number of nitrogens with one attached hydrogen (secondary N) is 2. The van der Waals surface area contributed by atoms with E-state index in [-0.39, 0.29) is 5.66 Å². The Kier molecular flexibility index (Phi) is 3.56. The highest BCUT2D eigenvalue weighted by Gasteiger charge is 2.48. The van der Waals surface area contributed by atoms with E-state index in [0.717, 1.165) is 41.2 Å². The summed E-state index contributed by atoms with van der Waals surface area (Å²) in [6.45, 7) is 10.7. The Morgan fingerprint density at radius 3 is 2.72 bits per heavy atom. The molecule has 1 spiro atoms. The number of aromatic nitrogens is 2. The Morgan fingerprint density at radius 1 is 1.24 bits per heavy atom. The van der Waals surface area contributed by atoms with Gasteiger partial charge in [0.05, 0.1) is 22.8 Å². The van der Waals surface area contributed by atoms with Crippen molar-refractivity contribution < 1.29 is 0 Å². The van der Waals surface area contributed by atoms with Crippen LogP contribution in [0.25, 0.3) is 0 Å². The Bertz CT molecular complexity index is 813. The van der Waals surface area contributed by atoms with Crippen molar-refractivity contribution in [1.82, 2.24) is 20.2 Å². The number of rotatable bonds is 2. The summed E-state index contributed by atoms with van der Waals surface area (Å²) in [4.78, 5) is 10.5. The van der Waals surface area contributed by atoms with Gasteiger partial charge in [0, 0.05) is 6.07 Å². The molecule has 1 aliphatic carbocycles. The summed E-state index contributed by atoms with van der Waals surface area (Å²) in [6, 6.07) is 1.72. The number of nitrogens with zero attached hydrogens (tertiary/aromatic N) is 3. The smallest absolute Gasteiger partial charge is 0.135 e. The van der Waals surface area contributed by atoms with Crippen LogP contribution in [-0.2, 0) is 0 Å². The van der Waals surface area contributed by atoms with E-state index < -0.39 is 0 Å². The van der Waals surface area contributed by atoms with Crippen LogP contribution >= 0.6 is 0 Å². The van der Waals surface area contributed by atoms with Gasteiger partial charge in [0.15, 0.2) is 0 Å². The molecule has 6 heteroatoms. The average molecular weight is 336 g/mol. The lowest BCUT2D eigenvalue weighted by Crippen LogP contribution is -2.52. The van der Waals surface area contributed by atoms with E-state index in [1.165, 1.54) is 25.6 Å². The molecule has 4 rings (SSSR count). The Hall–Kier alpha value is -2.76. The largest absolute Gasteiger partial charge is 0.384 e. The minimum atomic E-state index is -0.102. The summed E-state index contributed by atoms with van der Waals surface area (Å²) < 4.78 is 0. The van der Waals surface area contributed by atoms with Crippen molar-refractivity contribution in [3.8, 4) is 0 Å². The molecule has 3 aliphatic rings. The summed E-state index contributed by atoms with van der Waals surface area (Å²) in [7, 11) is 0. The predicted molar refractivity (Wildman–Crippen MR) is 99.9 cm³/mol. The van der Waals surface area contributed by atoms with E-state index in [0.29, 0.717) is 11.6 Å². The lowest BCUT2D eigenvalue weighted by atomic mass is 9.87. The first-order valence-electron chi connectivity index (χ1n) is 8.74. The highest BCUT2D eigenvalue weighted by atomic mass is 15.4. The Labute approximate surface area is 148 Å². The van der Waals surface area contributed by atoms with Gasteiger partial charge in [-0.05, 0) is 44.3 Å². The maximum absolute atomic E-state index is 5.77. The zero-order chi connectivity index (χ0) is 17.6. The molecule has 1 saturated carbocycles. The number of nitrogens with two attached hydrogens (primary N) is 1. The predicted octanol–water partition coefficient (Wildman–Crippen LogP) is 3.24. The zero-order valence-corrected chi connectivity index (χ0v) is 14.6. The number of fused-ring (bicyclic) bond motifs is 2. The molecule has 1 aromatic heterocycles. The maximum atomic E-state index is 5.77. The van der Waals surface area contributed by atoms with E-state index in [2.05, 4.69) is 51.7 Å². The van der Waals surface area contributed by atoms with Crippen LogP contribution in [0.5, 0.6) is 0 Å². The van der Waals surface area contributed by atoms with Gasteiger partial charge in [0.25, 0.3) is 0 Å². The molecule has 2 fully saturated rings. The number of anilines is 2. The van der Waals surface area contributed by atoms with Gasteiger partial charge in [0.2, 0.25) is 0 Å². The monoisotopic (exact) mass is 336 g/mol. The molecule has 0 bridgehead atoms. The fourth-order valence-corrected chi connectivity index (χ4v) is 4.21. The van der Waals surface area contributed by atoms with Crippen LogP contribution in [-0.4, -0.2) is 20.5 Å². The van der Waals surface area contributed by atoms with Crippen molar-refractivity contribution in [2.24, 2.45) is 0 Å². The molecule has 1 saturated heterocycles. The molecule has 130 valence electrons. The first-order chi connectivity index (χ1) is 12.0. The van der Waals surface area contributed by atoms with Gasteiger partial charge in [-0.3, -0.25) is 0 Å². The quantitative estimate of drug-likeness (QED) is 0.769. The van der Waals surface area contributed by atoms with E-state index >= 15 is 0 Å². The van der Waals surface area contributed by atoms with Gasteiger partial charge < -0.3 is 21.3 Å². The maximum Gasteiger partial charge on any atom is 0.135 e. The molecule has 6 nitrogen and oxygen atoms in total. The van der Waals surface area contributed by atoms with Gasteiger partial charge >= 0.3 is 0 Å². The molecular formula is C19H24N6. The second kappa shape index (κ2) is 5.65. The fourth-order valence-electron chi connectivity index (χ4n) is 4.21. The summed E-state index contributed by atoms with van der Waals surface area (Å²) in [5.74, 6) is 1.10.